The summed E-state index contributed by atoms with van der Waals surface area (Å²) in [4.78, 5) is 8.59. The van der Waals surface area contributed by atoms with Crippen LogP contribution in [0, 0.1) is 6.92 Å². The van der Waals surface area contributed by atoms with Gasteiger partial charge in [-0.15, -0.1) is 0 Å². The molecule has 1 atom stereocenters. The lowest BCUT2D eigenvalue weighted by molar-refractivity contribution is 0.242. The van der Waals surface area contributed by atoms with Crippen molar-refractivity contribution in [2.45, 2.75) is 38.1 Å². The van der Waals surface area contributed by atoms with Crippen molar-refractivity contribution in [1.29, 1.82) is 0 Å². The van der Waals surface area contributed by atoms with Crippen molar-refractivity contribution in [3.8, 4) is 5.75 Å². The van der Waals surface area contributed by atoms with E-state index in [1.54, 1.807) is 18.0 Å². The van der Waals surface area contributed by atoms with Crippen LogP contribution in [0.3, 0.4) is 0 Å². The van der Waals surface area contributed by atoms with Gasteiger partial charge in [-0.2, -0.15) is 0 Å². The predicted octanol–water partition coefficient (Wildman–Crippen LogP) is 3.36. The van der Waals surface area contributed by atoms with Gasteiger partial charge in [0.1, 0.15) is 5.75 Å². The monoisotopic (exact) mass is 303 g/mol. The summed E-state index contributed by atoms with van der Waals surface area (Å²) < 4.78 is 5.63. The summed E-state index contributed by atoms with van der Waals surface area (Å²) in [6.45, 7) is 5.98. The first-order chi connectivity index (χ1) is 10.0. The second-order valence-electron chi connectivity index (χ2n) is 5.13. The van der Waals surface area contributed by atoms with Gasteiger partial charge >= 0.3 is 0 Å². The first-order valence-corrected chi connectivity index (χ1v) is 7.98. The van der Waals surface area contributed by atoms with E-state index in [0.29, 0.717) is 0 Å². The van der Waals surface area contributed by atoms with Gasteiger partial charge in [0.05, 0.1) is 6.10 Å². The van der Waals surface area contributed by atoms with E-state index in [1.807, 2.05) is 51.1 Å². The molecule has 21 heavy (non-hydrogen) atoms. The zero-order valence-corrected chi connectivity index (χ0v) is 13.4. The third-order valence-electron chi connectivity index (χ3n) is 2.84. The van der Waals surface area contributed by atoms with Crippen LogP contribution in [0.4, 0.5) is 0 Å². The molecular weight excluding hydrogens is 282 g/mol. The summed E-state index contributed by atoms with van der Waals surface area (Å²) in [5, 5.41) is 0.769. The summed E-state index contributed by atoms with van der Waals surface area (Å²) >= 11 is 1.57. The predicted molar refractivity (Wildman–Crippen MR) is 86.6 cm³/mol. The van der Waals surface area contributed by atoms with E-state index in [2.05, 4.69) is 9.97 Å². The molecule has 0 aliphatic rings. The van der Waals surface area contributed by atoms with Gasteiger partial charge in [0, 0.05) is 23.7 Å². The Hall–Kier alpha value is -1.59. The number of ether oxygens (including phenoxy) is 1. The van der Waals surface area contributed by atoms with Crippen LogP contribution in [0.1, 0.15) is 31.1 Å². The Morgan fingerprint density at radius 1 is 1.19 bits per heavy atom. The quantitative estimate of drug-likeness (QED) is 0.655. The fourth-order valence-electron chi connectivity index (χ4n) is 1.82. The number of rotatable bonds is 6. The minimum absolute atomic E-state index is 0.0489. The minimum atomic E-state index is -0.0489. The molecular formula is C16H21N3OS. The Labute approximate surface area is 130 Å². The lowest BCUT2D eigenvalue weighted by Gasteiger charge is -2.13. The number of hydrogen-bond donors (Lipinski definition) is 1. The number of nitrogens with two attached hydrogens (primary N) is 1. The van der Waals surface area contributed by atoms with E-state index in [0.717, 1.165) is 27.9 Å². The molecule has 0 aliphatic heterocycles. The topological polar surface area (TPSA) is 61.0 Å². The molecule has 2 N–H and O–H groups in total. The van der Waals surface area contributed by atoms with E-state index < -0.39 is 0 Å². The molecule has 0 radical (unpaired) electrons. The molecule has 1 unspecified atom stereocenters. The molecule has 1 aromatic carbocycles. The highest BCUT2D eigenvalue weighted by atomic mass is 32.2. The molecule has 0 bridgehead atoms. The fourth-order valence-corrected chi connectivity index (χ4v) is 2.69. The third kappa shape index (κ3) is 5.02. The van der Waals surface area contributed by atoms with E-state index >= 15 is 0 Å². The molecule has 0 saturated heterocycles. The molecule has 0 saturated carbocycles. The Bertz CT molecular complexity index is 572. The van der Waals surface area contributed by atoms with Crippen LogP contribution in [0.15, 0.2) is 41.7 Å². The third-order valence-corrected chi connectivity index (χ3v) is 3.83. The van der Waals surface area contributed by atoms with E-state index in [9.17, 15) is 0 Å². The van der Waals surface area contributed by atoms with Crippen LogP contribution < -0.4 is 10.5 Å². The Balaban J connectivity index is 1.92. The van der Waals surface area contributed by atoms with Crippen molar-refractivity contribution in [2.24, 2.45) is 5.73 Å². The van der Waals surface area contributed by atoms with Crippen LogP contribution in [0.2, 0.25) is 0 Å². The zero-order valence-electron chi connectivity index (χ0n) is 12.6. The first-order valence-electron chi connectivity index (χ1n) is 6.99. The van der Waals surface area contributed by atoms with Crippen LogP contribution in [-0.2, 0) is 0 Å². The molecule has 112 valence electrons. The summed E-state index contributed by atoms with van der Waals surface area (Å²) in [7, 11) is 0. The van der Waals surface area contributed by atoms with Gasteiger partial charge in [0.2, 0.25) is 0 Å². The second-order valence-corrected chi connectivity index (χ2v) is 6.12. The summed E-state index contributed by atoms with van der Waals surface area (Å²) in [6.07, 6.45) is 1.95. The van der Waals surface area contributed by atoms with E-state index in [1.165, 1.54) is 0 Å². The highest BCUT2D eigenvalue weighted by Gasteiger charge is 2.08. The fraction of sp³-hybridized carbons (Fsp3) is 0.375. The van der Waals surface area contributed by atoms with Crippen molar-refractivity contribution < 1.29 is 4.74 Å². The summed E-state index contributed by atoms with van der Waals surface area (Å²) in [5.41, 5.74) is 8.27. The Morgan fingerprint density at radius 2 is 1.90 bits per heavy atom. The molecule has 1 heterocycles. The van der Waals surface area contributed by atoms with Crippen molar-refractivity contribution in [3.05, 3.63) is 47.8 Å². The first kappa shape index (κ1) is 15.8. The van der Waals surface area contributed by atoms with Gasteiger partial charge in [0.15, 0.2) is 5.16 Å². The van der Waals surface area contributed by atoms with Crippen molar-refractivity contribution >= 4 is 11.8 Å². The number of aryl methyl sites for hydroxylation is 1. The molecule has 0 fully saturated rings. The Kier molecular flexibility index (Phi) is 5.59. The molecule has 1 aromatic heterocycles. The van der Waals surface area contributed by atoms with Crippen molar-refractivity contribution in [1.82, 2.24) is 9.97 Å². The van der Waals surface area contributed by atoms with Gasteiger partial charge < -0.3 is 10.5 Å². The average molecular weight is 303 g/mol. The number of aromatic nitrogens is 2. The summed E-state index contributed by atoms with van der Waals surface area (Å²) in [5.74, 6) is 1.61. The lowest BCUT2D eigenvalue weighted by Crippen LogP contribution is -2.13. The zero-order chi connectivity index (χ0) is 15.2. The highest BCUT2D eigenvalue weighted by molar-refractivity contribution is 7.99. The van der Waals surface area contributed by atoms with Crippen molar-refractivity contribution in [3.63, 3.8) is 0 Å². The van der Waals surface area contributed by atoms with Gasteiger partial charge in [-0.05, 0) is 44.5 Å². The molecule has 0 aliphatic carbocycles. The van der Waals surface area contributed by atoms with Crippen LogP contribution in [-0.4, -0.2) is 21.8 Å². The van der Waals surface area contributed by atoms with Gasteiger partial charge in [-0.3, -0.25) is 0 Å². The molecule has 0 spiro atoms. The molecule has 4 nitrogen and oxygen atoms in total. The standard InChI is InChI=1S/C16H21N3OS/c1-11(2)20-14-6-4-13(5-7-14)15(17)10-21-16-18-9-8-12(3)19-16/h4-9,11,15H,10,17H2,1-3H3. The maximum absolute atomic E-state index is 6.22. The summed E-state index contributed by atoms with van der Waals surface area (Å²) in [6, 6.07) is 9.79. The van der Waals surface area contributed by atoms with Crippen LogP contribution in [0.5, 0.6) is 5.75 Å². The van der Waals surface area contributed by atoms with Crippen molar-refractivity contribution in [2.75, 3.05) is 5.75 Å². The minimum Gasteiger partial charge on any atom is -0.491 e. The smallest absolute Gasteiger partial charge is 0.187 e. The molecule has 2 rings (SSSR count). The maximum atomic E-state index is 6.22. The van der Waals surface area contributed by atoms with Gasteiger partial charge in [-0.25, -0.2) is 9.97 Å². The SMILES string of the molecule is Cc1ccnc(SCC(N)c2ccc(OC(C)C)cc2)n1. The largest absolute Gasteiger partial charge is 0.491 e. The number of benzene rings is 1. The number of hydrogen-bond acceptors (Lipinski definition) is 5. The average Bonchev–Trinajstić information content (AvgIpc) is 2.45. The van der Waals surface area contributed by atoms with E-state index in [-0.39, 0.29) is 12.1 Å². The normalized spacial score (nSPS) is 12.4. The molecule has 0 amide bonds. The Morgan fingerprint density at radius 3 is 2.52 bits per heavy atom. The number of thioether (sulfide) groups is 1. The second kappa shape index (κ2) is 7.43. The maximum Gasteiger partial charge on any atom is 0.187 e. The number of nitrogens with zero attached hydrogens (tertiary/aromatic N) is 2. The van der Waals surface area contributed by atoms with Crippen LogP contribution >= 0.6 is 11.8 Å². The molecule has 5 heteroatoms. The van der Waals surface area contributed by atoms with Crippen LogP contribution in [0.25, 0.3) is 0 Å². The van der Waals surface area contributed by atoms with Gasteiger partial charge in [0.25, 0.3) is 0 Å². The van der Waals surface area contributed by atoms with E-state index in [4.69, 9.17) is 10.5 Å². The van der Waals surface area contributed by atoms with Gasteiger partial charge in [-0.1, -0.05) is 23.9 Å². The lowest BCUT2D eigenvalue weighted by atomic mass is 10.1. The highest BCUT2D eigenvalue weighted by Crippen LogP contribution is 2.22. The molecule has 2 aromatic rings.